The molecule has 0 amide bonds. The standard InChI is InChI=1S/C16H17ClN4/c1-3-19-16(12-5-4-11(2)14(17)8-12)13-9-20-21-7-6-18-10-15(13)21/h4-10,16,19H,3H2,1-2H3. The first-order valence-corrected chi connectivity index (χ1v) is 7.35. The summed E-state index contributed by atoms with van der Waals surface area (Å²) in [6.45, 7) is 4.95. The zero-order valence-electron chi connectivity index (χ0n) is 12.0. The number of aryl methyl sites for hydroxylation is 1. The Labute approximate surface area is 128 Å². The molecule has 2 heterocycles. The molecule has 0 radical (unpaired) electrons. The van der Waals surface area contributed by atoms with Crippen molar-refractivity contribution < 1.29 is 0 Å². The molecule has 1 N–H and O–H groups in total. The van der Waals surface area contributed by atoms with Gasteiger partial charge in [0.15, 0.2) is 0 Å². The molecule has 2 aromatic heterocycles. The lowest BCUT2D eigenvalue weighted by Gasteiger charge is -2.18. The first-order valence-electron chi connectivity index (χ1n) is 6.97. The van der Waals surface area contributed by atoms with Crippen molar-refractivity contribution in [3.63, 3.8) is 0 Å². The summed E-state index contributed by atoms with van der Waals surface area (Å²) >= 11 is 6.28. The predicted octanol–water partition coefficient (Wildman–Crippen LogP) is 3.39. The van der Waals surface area contributed by atoms with Gasteiger partial charge in [-0.1, -0.05) is 30.7 Å². The second-order valence-electron chi connectivity index (χ2n) is 5.01. The maximum absolute atomic E-state index is 6.28. The summed E-state index contributed by atoms with van der Waals surface area (Å²) in [7, 11) is 0. The molecule has 3 aromatic rings. The Bertz CT molecular complexity index is 766. The molecule has 0 fully saturated rings. The summed E-state index contributed by atoms with van der Waals surface area (Å²) in [4.78, 5) is 4.20. The highest BCUT2D eigenvalue weighted by atomic mass is 35.5. The smallest absolute Gasteiger partial charge is 0.0896 e. The maximum atomic E-state index is 6.28. The van der Waals surface area contributed by atoms with Gasteiger partial charge < -0.3 is 5.32 Å². The lowest BCUT2D eigenvalue weighted by atomic mass is 9.99. The molecule has 4 nitrogen and oxygen atoms in total. The van der Waals surface area contributed by atoms with Crippen LogP contribution in [0.2, 0.25) is 5.02 Å². The highest BCUT2D eigenvalue weighted by Crippen LogP contribution is 2.28. The molecule has 0 aliphatic heterocycles. The second kappa shape index (κ2) is 5.84. The third-order valence-corrected chi connectivity index (χ3v) is 4.01. The first-order chi connectivity index (χ1) is 10.2. The molecule has 1 aromatic carbocycles. The fraction of sp³-hybridized carbons (Fsp3) is 0.250. The molecular formula is C16H17ClN4. The van der Waals surface area contributed by atoms with Gasteiger partial charge in [0, 0.05) is 23.0 Å². The number of nitrogens with zero attached hydrogens (tertiary/aromatic N) is 3. The molecule has 1 unspecified atom stereocenters. The van der Waals surface area contributed by atoms with E-state index in [4.69, 9.17) is 11.6 Å². The predicted molar refractivity (Wildman–Crippen MR) is 84.7 cm³/mol. The molecule has 0 saturated carbocycles. The van der Waals surface area contributed by atoms with Crippen molar-refractivity contribution in [1.29, 1.82) is 0 Å². The number of benzene rings is 1. The van der Waals surface area contributed by atoms with E-state index in [1.54, 1.807) is 6.20 Å². The quantitative estimate of drug-likeness (QED) is 0.803. The maximum Gasteiger partial charge on any atom is 0.0896 e. The average Bonchev–Trinajstić information content (AvgIpc) is 2.92. The first kappa shape index (κ1) is 14.0. The fourth-order valence-electron chi connectivity index (χ4n) is 2.48. The van der Waals surface area contributed by atoms with Gasteiger partial charge in [-0.3, -0.25) is 4.98 Å². The Hall–Kier alpha value is -1.91. The highest BCUT2D eigenvalue weighted by Gasteiger charge is 2.18. The highest BCUT2D eigenvalue weighted by molar-refractivity contribution is 6.31. The van der Waals surface area contributed by atoms with Crippen LogP contribution in [0.5, 0.6) is 0 Å². The Balaban J connectivity index is 2.11. The van der Waals surface area contributed by atoms with Crippen LogP contribution in [0.4, 0.5) is 0 Å². The average molecular weight is 301 g/mol. The number of fused-ring (bicyclic) bond motifs is 1. The number of hydrogen-bond donors (Lipinski definition) is 1. The summed E-state index contributed by atoms with van der Waals surface area (Å²) in [5.74, 6) is 0. The molecule has 0 aliphatic rings. The summed E-state index contributed by atoms with van der Waals surface area (Å²) in [6.07, 6.45) is 7.30. The zero-order chi connectivity index (χ0) is 14.8. The van der Waals surface area contributed by atoms with Gasteiger partial charge in [0.25, 0.3) is 0 Å². The Morgan fingerprint density at radius 2 is 2.19 bits per heavy atom. The molecule has 5 heteroatoms. The van der Waals surface area contributed by atoms with E-state index >= 15 is 0 Å². The minimum absolute atomic E-state index is 0.0507. The minimum Gasteiger partial charge on any atom is -0.306 e. The van der Waals surface area contributed by atoms with E-state index in [1.165, 1.54) is 0 Å². The van der Waals surface area contributed by atoms with Crippen LogP contribution in [0, 0.1) is 6.92 Å². The lowest BCUT2D eigenvalue weighted by molar-refractivity contribution is 0.634. The summed E-state index contributed by atoms with van der Waals surface area (Å²) in [5, 5.41) is 8.67. The number of halogens is 1. The molecule has 0 aliphatic carbocycles. The third-order valence-electron chi connectivity index (χ3n) is 3.60. The molecule has 3 rings (SSSR count). The van der Waals surface area contributed by atoms with E-state index < -0.39 is 0 Å². The summed E-state index contributed by atoms with van der Waals surface area (Å²) in [6, 6.07) is 6.22. The van der Waals surface area contributed by atoms with Crippen LogP contribution >= 0.6 is 11.6 Å². The van der Waals surface area contributed by atoms with Crippen LogP contribution in [0.1, 0.15) is 29.7 Å². The van der Waals surface area contributed by atoms with Crippen LogP contribution in [0.15, 0.2) is 43.0 Å². The Kier molecular flexibility index (Phi) is 3.90. The van der Waals surface area contributed by atoms with E-state index in [9.17, 15) is 0 Å². The van der Waals surface area contributed by atoms with Crippen LogP contribution in [0.3, 0.4) is 0 Å². The normalized spacial score (nSPS) is 12.7. The van der Waals surface area contributed by atoms with Crippen LogP contribution in [0.25, 0.3) is 5.52 Å². The topological polar surface area (TPSA) is 42.2 Å². The number of aromatic nitrogens is 3. The molecule has 0 saturated heterocycles. The summed E-state index contributed by atoms with van der Waals surface area (Å²) in [5.41, 5.74) is 4.31. The van der Waals surface area contributed by atoms with Crippen molar-refractivity contribution in [3.8, 4) is 0 Å². The van der Waals surface area contributed by atoms with E-state index in [0.717, 1.165) is 33.8 Å². The molecule has 21 heavy (non-hydrogen) atoms. The van der Waals surface area contributed by atoms with Crippen LogP contribution in [-0.4, -0.2) is 21.1 Å². The SMILES string of the molecule is CCNC(c1ccc(C)c(Cl)c1)c1cnn2ccncc12. The molecular weight excluding hydrogens is 284 g/mol. The molecule has 0 spiro atoms. The Morgan fingerprint density at radius 3 is 2.95 bits per heavy atom. The van der Waals surface area contributed by atoms with E-state index in [-0.39, 0.29) is 6.04 Å². The van der Waals surface area contributed by atoms with Gasteiger partial charge in [-0.05, 0) is 30.7 Å². The Morgan fingerprint density at radius 1 is 1.33 bits per heavy atom. The minimum atomic E-state index is 0.0507. The van der Waals surface area contributed by atoms with Crippen molar-refractivity contribution in [2.75, 3.05) is 6.54 Å². The monoisotopic (exact) mass is 300 g/mol. The molecule has 1 atom stereocenters. The third kappa shape index (κ3) is 2.64. The van der Waals surface area contributed by atoms with Gasteiger partial charge in [-0.2, -0.15) is 5.10 Å². The van der Waals surface area contributed by atoms with Crippen molar-refractivity contribution in [2.24, 2.45) is 0 Å². The lowest BCUT2D eigenvalue weighted by Crippen LogP contribution is -2.22. The van der Waals surface area contributed by atoms with Crippen molar-refractivity contribution in [2.45, 2.75) is 19.9 Å². The second-order valence-corrected chi connectivity index (χ2v) is 5.41. The molecule has 108 valence electrons. The largest absolute Gasteiger partial charge is 0.306 e. The van der Waals surface area contributed by atoms with Crippen molar-refractivity contribution in [1.82, 2.24) is 19.9 Å². The van der Waals surface area contributed by atoms with E-state index in [2.05, 4.69) is 28.4 Å². The van der Waals surface area contributed by atoms with Gasteiger partial charge in [0.1, 0.15) is 0 Å². The fourth-order valence-corrected chi connectivity index (χ4v) is 2.66. The van der Waals surface area contributed by atoms with E-state index in [1.807, 2.05) is 42.2 Å². The van der Waals surface area contributed by atoms with Gasteiger partial charge in [-0.25, -0.2) is 4.52 Å². The number of rotatable bonds is 4. The summed E-state index contributed by atoms with van der Waals surface area (Å²) < 4.78 is 1.84. The van der Waals surface area contributed by atoms with Gasteiger partial charge in [-0.15, -0.1) is 0 Å². The zero-order valence-corrected chi connectivity index (χ0v) is 12.8. The van der Waals surface area contributed by atoms with Crippen molar-refractivity contribution >= 4 is 17.1 Å². The molecule has 0 bridgehead atoms. The van der Waals surface area contributed by atoms with Crippen LogP contribution < -0.4 is 5.32 Å². The van der Waals surface area contributed by atoms with Gasteiger partial charge in [0.05, 0.1) is 24.0 Å². The van der Waals surface area contributed by atoms with E-state index in [0.29, 0.717) is 0 Å². The number of hydrogen-bond acceptors (Lipinski definition) is 3. The number of nitrogens with one attached hydrogen (secondary N) is 1. The van der Waals surface area contributed by atoms with Gasteiger partial charge in [0.2, 0.25) is 0 Å². The van der Waals surface area contributed by atoms with Crippen LogP contribution in [-0.2, 0) is 0 Å². The van der Waals surface area contributed by atoms with Gasteiger partial charge >= 0.3 is 0 Å². The van der Waals surface area contributed by atoms with Crippen molar-refractivity contribution in [3.05, 3.63) is 64.7 Å².